The van der Waals surface area contributed by atoms with Crippen LogP contribution in [-0.4, -0.2) is 31.4 Å². The van der Waals surface area contributed by atoms with Crippen molar-refractivity contribution < 1.29 is 9.18 Å². The summed E-state index contributed by atoms with van der Waals surface area (Å²) in [6, 6.07) is 4.49. The summed E-state index contributed by atoms with van der Waals surface area (Å²) in [7, 11) is 3.39. The lowest BCUT2D eigenvalue weighted by Gasteiger charge is -2.11. The predicted molar refractivity (Wildman–Crippen MR) is 61.8 cm³/mol. The fourth-order valence-corrected chi connectivity index (χ4v) is 1.32. The molecule has 5 heteroatoms. The van der Waals surface area contributed by atoms with Gasteiger partial charge in [0, 0.05) is 20.6 Å². The molecule has 0 aliphatic heterocycles. The molecule has 0 saturated carbocycles. The maximum atomic E-state index is 12.8. The predicted octanol–water partition coefficient (Wildman–Crippen LogP) is 1.66. The van der Waals surface area contributed by atoms with Crippen LogP contribution in [0.2, 0.25) is 5.02 Å². The Morgan fingerprint density at radius 2 is 2.19 bits per heavy atom. The standard InChI is InChI=1S/C11H14ClFN2O/c1-15(2)11(16)7-14-6-8-3-4-10(13)9(12)5-8/h3-5,14H,6-7H2,1-2H3. The molecule has 1 amide bonds. The minimum absolute atomic E-state index is 0.00629. The maximum absolute atomic E-state index is 12.8. The number of halogens is 2. The zero-order chi connectivity index (χ0) is 12.1. The molecule has 0 fully saturated rings. The van der Waals surface area contributed by atoms with Crippen molar-refractivity contribution in [2.45, 2.75) is 6.54 Å². The van der Waals surface area contributed by atoms with E-state index >= 15 is 0 Å². The summed E-state index contributed by atoms with van der Waals surface area (Å²) in [5, 5.41) is 3.05. The molecule has 3 nitrogen and oxygen atoms in total. The van der Waals surface area contributed by atoms with E-state index in [9.17, 15) is 9.18 Å². The van der Waals surface area contributed by atoms with E-state index in [1.807, 2.05) is 0 Å². The first-order valence-corrected chi connectivity index (χ1v) is 5.23. The van der Waals surface area contributed by atoms with E-state index < -0.39 is 5.82 Å². The molecule has 1 aromatic rings. The van der Waals surface area contributed by atoms with Gasteiger partial charge in [-0.1, -0.05) is 17.7 Å². The summed E-state index contributed by atoms with van der Waals surface area (Å²) in [6.07, 6.45) is 0. The van der Waals surface area contributed by atoms with E-state index in [1.165, 1.54) is 11.0 Å². The molecule has 0 heterocycles. The second-order valence-corrected chi connectivity index (χ2v) is 4.05. The molecule has 1 rings (SSSR count). The van der Waals surface area contributed by atoms with Crippen molar-refractivity contribution >= 4 is 17.5 Å². The molecular formula is C11H14ClFN2O. The number of benzene rings is 1. The van der Waals surface area contributed by atoms with Crippen molar-refractivity contribution in [3.05, 3.63) is 34.6 Å². The van der Waals surface area contributed by atoms with Gasteiger partial charge in [-0.3, -0.25) is 4.79 Å². The number of carbonyl (C=O) groups excluding carboxylic acids is 1. The van der Waals surface area contributed by atoms with Gasteiger partial charge in [-0.2, -0.15) is 0 Å². The van der Waals surface area contributed by atoms with Gasteiger partial charge in [-0.25, -0.2) is 4.39 Å². The van der Waals surface area contributed by atoms with Crippen LogP contribution in [0.5, 0.6) is 0 Å². The quantitative estimate of drug-likeness (QED) is 0.874. The molecule has 0 spiro atoms. The van der Waals surface area contributed by atoms with Crippen molar-refractivity contribution in [3.63, 3.8) is 0 Å². The molecule has 0 saturated heterocycles. The molecule has 0 unspecified atom stereocenters. The Hall–Kier alpha value is -1.13. The Morgan fingerprint density at radius 3 is 2.75 bits per heavy atom. The first-order chi connectivity index (χ1) is 7.50. The van der Waals surface area contributed by atoms with Crippen LogP contribution in [0.4, 0.5) is 4.39 Å². The van der Waals surface area contributed by atoms with Gasteiger partial charge in [0.2, 0.25) is 5.91 Å². The third-order valence-electron chi connectivity index (χ3n) is 2.09. The number of hydrogen-bond acceptors (Lipinski definition) is 2. The Kier molecular flexibility index (Phi) is 4.71. The molecule has 0 aliphatic carbocycles. The van der Waals surface area contributed by atoms with Crippen LogP contribution in [0.1, 0.15) is 5.56 Å². The Balaban J connectivity index is 2.43. The summed E-state index contributed by atoms with van der Waals surface area (Å²) in [6.45, 7) is 0.738. The van der Waals surface area contributed by atoms with Gasteiger partial charge < -0.3 is 10.2 Å². The number of nitrogens with zero attached hydrogens (tertiary/aromatic N) is 1. The number of nitrogens with one attached hydrogen (secondary N) is 1. The van der Waals surface area contributed by atoms with Crippen molar-refractivity contribution in [2.24, 2.45) is 0 Å². The lowest BCUT2D eigenvalue weighted by Crippen LogP contribution is -2.32. The van der Waals surface area contributed by atoms with Gasteiger partial charge in [-0.05, 0) is 17.7 Å². The van der Waals surface area contributed by atoms with Crippen molar-refractivity contribution in [2.75, 3.05) is 20.6 Å². The highest BCUT2D eigenvalue weighted by Gasteiger charge is 2.04. The second kappa shape index (κ2) is 5.82. The first kappa shape index (κ1) is 12.9. The Labute approximate surface area is 99.2 Å². The summed E-state index contributed by atoms with van der Waals surface area (Å²) in [4.78, 5) is 12.7. The number of carbonyl (C=O) groups is 1. The SMILES string of the molecule is CN(C)C(=O)CNCc1ccc(F)c(Cl)c1. The minimum Gasteiger partial charge on any atom is -0.348 e. The molecule has 0 bridgehead atoms. The fraction of sp³-hybridized carbons (Fsp3) is 0.364. The van der Waals surface area contributed by atoms with E-state index in [0.717, 1.165) is 5.56 Å². The highest BCUT2D eigenvalue weighted by atomic mass is 35.5. The Morgan fingerprint density at radius 1 is 1.50 bits per heavy atom. The fourth-order valence-electron chi connectivity index (χ4n) is 1.12. The molecule has 0 aromatic heterocycles. The molecule has 1 aromatic carbocycles. The molecule has 1 N–H and O–H groups in total. The summed E-state index contributed by atoms with van der Waals surface area (Å²) >= 11 is 5.63. The lowest BCUT2D eigenvalue weighted by molar-refractivity contribution is -0.127. The number of hydrogen-bond donors (Lipinski definition) is 1. The molecule has 0 atom stereocenters. The lowest BCUT2D eigenvalue weighted by atomic mass is 10.2. The van der Waals surface area contributed by atoms with Crippen molar-refractivity contribution in [1.29, 1.82) is 0 Å². The molecule has 0 aliphatic rings. The first-order valence-electron chi connectivity index (χ1n) is 4.85. The van der Waals surface area contributed by atoms with Gasteiger partial charge >= 0.3 is 0 Å². The Bertz CT molecular complexity index is 382. The summed E-state index contributed by atoms with van der Waals surface area (Å²) in [5.74, 6) is -0.442. The molecule has 88 valence electrons. The van der Waals surface area contributed by atoms with E-state index in [-0.39, 0.29) is 17.5 Å². The average molecular weight is 245 g/mol. The smallest absolute Gasteiger partial charge is 0.236 e. The largest absolute Gasteiger partial charge is 0.348 e. The van der Waals surface area contributed by atoms with E-state index in [1.54, 1.807) is 26.2 Å². The summed E-state index contributed by atoms with van der Waals surface area (Å²) in [5.41, 5.74) is 0.845. The molecule has 16 heavy (non-hydrogen) atoms. The van der Waals surface area contributed by atoms with Crippen LogP contribution in [0.3, 0.4) is 0 Å². The zero-order valence-corrected chi connectivity index (χ0v) is 10.0. The zero-order valence-electron chi connectivity index (χ0n) is 9.26. The highest BCUT2D eigenvalue weighted by molar-refractivity contribution is 6.30. The van der Waals surface area contributed by atoms with E-state index in [0.29, 0.717) is 6.54 Å². The van der Waals surface area contributed by atoms with Gasteiger partial charge in [0.05, 0.1) is 11.6 Å². The van der Waals surface area contributed by atoms with Crippen LogP contribution < -0.4 is 5.32 Å². The van der Waals surface area contributed by atoms with Crippen LogP contribution in [0.25, 0.3) is 0 Å². The van der Waals surface area contributed by atoms with Crippen LogP contribution in [0.15, 0.2) is 18.2 Å². The highest BCUT2D eigenvalue weighted by Crippen LogP contribution is 2.15. The third-order valence-corrected chi connectivity index (χ3v) is 2.38. The van der Waals surface area contributed by atoms with Gasteiger partial charge in [0.25, 0.3) is 0 Å². The maximum Gasteiger partial charge on any atom is 0.236 e. The third kappa shape index (κ3) is 3.79. The van der Waals surface area contributed by atoms with Crippen molar-refractivity contribution in [1.82, 2.24) is 10.2 Å². The molecular weight excluding hydrogens is 231 g/mol. The summed E-state index contributed by atoms with van der Waals surface area (Å²) < 4.78 is 12.8. The van der Waals surface area contributed by atoms with Gasteiger partial charge in [0.15, 0.2) is 0 Å². The monoisotopic (exact) mass is 244 g/mol. The number of amides is 1. The number of likely N-dealkylation sites (N-methyl/N-ethyl adjacent to an activating group) is 1. The van der Waals surface area contributed by atoms with Gasteiger partial charge in [-0.15, -0.1) is 0 Å². The minimum atomic E-state index is -0.435. The second-order valence-electron chi connectivity index (χ2n) is 3.64. The van der Waals surface area contributed by atoms with Crippen LogP contribution >= 0.6 is 11.6 Å². The van der Waals surface area contributed by atoms with Crippen LogP contribution in [-0.2, 0) is 11.3 Å². The van der Waals surface area contributed by atoms with E-state index in [2.05, 4.69) is 5.32 Å². The topological polar surface area (TPSA) is 32.3 Å². The van der Waals surface area contributed by atoms with Gasteiger partial charge in [0.1, 0.15) is 5.82 Å². The molecule has 0 radical (unpaired) electrons. The number of rotatable bonds is 4. The van der Waals surface area contributed by atoms with Crippen LogP contribution in [0, 0.1) is 5.82 Å². The normalized spacial score (nSPS) is 10.2. The average Bonchev–Trinajstić information content (AvgIpc) is 2.23. The van der Waals surface area contributed by atoms with E-state index in [4.69, 9.17) is 11.6 Å². The van der Waals surface area contributed by atoms with Crippen molar-refractivity contribution in [3.8, 4) is 0 Å².